The minimum absolute atomic E-state index is 0.0490. The summed E-state index contributed by atoms with van der Waals surface area (Å²) in [5.41, 5.74) is 1.37. The molecule has 2 N–H and O–H groups in total. The van der Waals surface area contributed by atoms with Crippen LogP contribution < -0.4 is 14.8 Å². The smallest absolute Gasteiger partial charge is 0.268 e. The Morgan fingerprint density at radius 3 is 2.51 bits per heavy atom. The number of carbonyl (C=O) groups is 1. The molecule has 0 spiro atoms. The van der Waals surface area contributed by atoms with Crippen molar-refractivity contribution in [3.63, 3.8) is 0 Å². The van der Waals surface area contributed by atoms with Gasteiger partial charge in [0.2, 0.25) is 0 Å². The Hall–Kier alpha value is -3.76. The molecule has 1 aliphatic rings. The molecule has 4 aromatic rings. The number of halogens is 2. The summed E-state index contributed by atoms with van der Waals surface area (Å²) in [6.45, 7) is 3.34. The molecule has 0 aliphatic carbocycles. The standard InChI is InChI=1S/C24H18ClFN4O4S/c1-24(2)23(31)29-20-12-27-18-8-3-13(9-17(18)21(20)34-24)14-10-19(22(25)28-11-14)30-35(32,33)16-6-4-15(26)5-7-16/h3-12,30H,1-2H3,(H,29,31). The van der Waals surface area contributed by atoms with E-state index in [4.69, 9.17) is 16.3 Å². The van der Waals surface area contributed by atoms with E-state index in [0.717, 1.165) is 24.3 Å². The Morgan fingerprint density at radius 2 is 1.77 bits per heavy atom. The quantitative estimate of drug-likeness (QED) is 0.372. The van der Waals surface area contributed by atoms with Crippen LogP contribution in [0.4, 0.5) is 15.8 Å². The summed E-state index contributed by atoms with van der Waals surface area (Å²) in [6.07, 6.45) is 3.05. The molecule has 178 valence electrons. The van der Waals surface area contributed by atoms with Gasteiger partial charge in [0, 0.05) is 17.1 Å². The van der Waals surface area contributed by atoms with E-state index < -0.39 is 21.4 Å². The van der Waals surface area contributed by atoms with Crippen LogP contribution in [0.2, 0.25) is 5.15 Å². The molecule has 0 unspecified atom stereocenters. The lowest BCUT2D eigenvalue weighted by Crippen LogP contribution is -2.45. The monoisotopic (exact) mass is 512 g/mol. The van der Waals surface area contributed by atoms with E-state index in [2.05, 4.69) is 20.0 Å². The molecule has 0 bridgehead atoms. The molecule has 1 amide bonds. The lowest BCUT2D eigenvalue weighted by Gasteiger charge is -2.32. The molecule has 0 fully saturated rings. The van der Waals surface area contributed by atoms with E-state index >= 15 is 0 Å². The number of benzene rings is 2. The van der Waals surface area contributed by atoms with Crippen molar-refractivity contribution < 1.29 is 22.3 Å². The second kappa shape index (κ2) is 8.17. The lowest BCUT2D eigenvalue weighted by molar-refractivity contribution is -0.129. The Morgan fingerprint density at radius 1 is 1.03 bits per heavy atom. The molecule has 0 saturated carbocycles. The van der Waals surface area contributed by atoms with Crippen molar-refractivity contribution in [3.05, 3.63) is 71.9 Å². The predicted octanol–water partition coefficient (Wildman–Crippen LogP) is 5.00. The maximum Gasteiger partial charge on any atom is 0.268 e. The van der Waals surface area contributed by atoms with Crippen LogP contribution >= 0.6 is 11.6 Å². The van der Waals surface area contributed by atoms with E-state index in [1.165, 1.54) is 12.4 Å². The zero-order chi connectivity index (χ0) is 25.0. The van der Waals surface area contributed by atoms with Gasteiger partial charge in [0.25, 0.3) is 15.9 Å². The second-order valence-electron chi connectivity index (χ2n) is 8.42. The van der Waals surface area contributed by atoms with Crippen LogP contribution in [-0.4, -0.2) is 29.9 Å². The molecule has 2 aromatic carbocycles. The summed E-state index contributed by atoms with van der Waals surface area (Å²) in [4.78, 5) is 20.6. The number of carbonyl (C=O) groups excluding carboxylic acids is 1. The Kier molecular flexibility index (Phi) is 5.37. The predicted molar refractivity (Wildman–Crippen MR) is 131 cm³/mol. The Labute approximate surface area is 205 Å². The zero-order valence-corrected chi connectivity index (χ0v) is 20.0. The first-order valence-electron chi connectivity index (χ1n) is 10.4. The fraction of sp³-hybridized carbons (Fsp3) is 0.125. The highest BCUT2D eigenvalue weighted by Gasteiger charge is 2.36. The molecule has 1 aliphatic heterocycles. The van der Waals surface area contributed by atoms with Gasteiger partial charge in [0.05, 0.1) is 22.3 Å². The lowest BCUT2D eigenvalue weighted by atomic mass is 10.0. The number of amides is 1. The normalized spacial score (nSPS) is 14.7. The summed E-state index contributed by atoms with van der Waals surface area (Å²) in [5.74, 6) is -0.339. The van der Waals surface area contributed by atoms with Crippen LogP contribution in [0.1, 0.15) is 13.8 Å². The summed E-state index contributed by atoms with van der Waals surface area (Å²) in [6, 6.07) is 11.4. The van der Waals surface area contributed by atoms with Crippen molar-refractivity contribution in [1.82, 2.24) is 9.97 Å². The molecule has 5 rings (SSSR count). The minimum atomic E-state index is -4.03. The van der Waals surface area contributed by atoms with Crippen molar-refractivity contribution in [2.45, 2.75) is 24.3 Å². The van der Waals surface area contributed by atoms with Crippen LogP contribution in [0.3, 0.4) is 0 Å². The van der Waals surface area contributed by atoms with Gasteiger partial charge in [-0.1, -0.05) is 17.7 Å². The molecule has 0 atom stereocenters. The highest BCUT2D eigenvalue weighted by Crippen LogP contribution is 2.40. The molecular weight excluding hydrogens is 495 g/mol. The fourth-order valence-electron chi connectivity index (χ4n) is 3.62. The molecule has 2 aromatic heterocycles. The number of nitrogens with zero attached hydrogens (tertiary/aromatic N) is 2. The van der Waals surface area contributed by atoms with Gasteiger partial charge in [-0.05, 0) is 61.9 Å². The summed E-state index contributed by atoms with van der Waals surface area (Å²) < 4.78 is 47.1. The zero-order valence-electron chi connectivity index (χ0n) is 18.5. The third kappa shape index (κ3) is 4.26. The van der Waals surface area contributed by atoms with E-state index in [1.54, 1.807) is 32.0 Å². The third-order valence-corrected chi connectivity index (χ3v) is 7.19. The number of nitrogens with one attached hydrogen (secondary N) is 2. The summed E-state index contributed by atoms with van der Waals surface area (Å²) in [5, 5.41) is 3.42. The van der Waals surface area contributed by atoms with Gasteiger partial charge in [-0.15, -0.1) is 0 Å². The molecule has 3 heterocycles. The van der Waals surface area contributed by atoms with Gasteiger partial charge in [-0.3, -0.25) is 14.5 Å². The maximum atomic E-state index is 13.2. The largest absolute Gasteiger partial charge is 0.475 e. The highest BCUT2D eigenvalue weighted by molar-refractivity contribution is 7.92. The molecule has 35 heavy (non-hydrogen) atoms. The summed E-state index contributed by atoms with van der Waals surface area (Å²) >= 11 is 6.17. The first kappa shape index (κ1) is 23.0. The van der Waals surface area contributed by atoms with Crippen LogP contribution in [0, 0.1) is 5.82 Å². The number of hydrogen-bond acceptors (Lipinski definition) is 6. The Bertz CT molecular complexity index is 1610. The van der Waals surface area contributed by atoms with Gasteiger partial charge in [-0.2, -0.15) is 0 Å². The van der Waals surface area contributed by atoms with E-state index in [0.29, 0.717) is 33.5 Å². The Balaban J connectivity index is 1.55. The first-order valence-corrected chi connectivity index (χ1v) is 12.3. The molecule has 8 nitrogen and oxygen atoms in total. The highest BCUT2D eigenvalue weighted by atomic mass is 35.5. The van der Waals surface area contributed by atoms with Gasteiger partial charge in [0.1, 0.15) is 11.5 Å². The molecule has 0 saturated heterocycles. The number of ether oxygens (including phenoxy) is 1. The van der Waals surface area contributed by atoms with Crippen LogP contribution in [-0.2, 0) is 14.8 Å². The van der Waals surface area contributed by atoms with E-state index in [9.17, 15) is 17.6 Å². The van der Waals surface area contributed by atoms with Crippen molar-refractivity contribution in [1.29, 1.82) is 0 Å². The number of pyridine rings is 2. The van der Waals surface area contributed by atoms with Crippen molar-refractivity contribution in [2.24, 2.45) is 0 Å². The van der Waals surface area contributed by atoms with Crippen LogP contribution in [0.25, 0.3) is 22.0 Å². The van der Waals surface area contributed by atoms with E-state index in [1.807, 2.05) is 6.07 Å². The SMILES string of the molecule is CC1(C)Oc2c(cnc3ccc(-c4cnc(Cl)c(NS(=O)(=O)c5ccc(F)cc5)c4)cc23)NC1=O. The van der Waals surface area contributed by atoms with Crippen LogP contribution in [0.15, 0.2) is 65.8 Å². The third-order valence-electron chi connectivity index (χ3n) is 5.51. The number of hydrogen-bond donors (Lipinski definition) is 2. The van der Waals surface area contributed by atoms with Gasteiger partial charge in [0.15, 0.2) is 16.5 Å². The average Bonchev–Trinajstić information content (AvgIpc) is 2.81. The number of aromatic nitrogens is 2. The van der Waals surface area contributed by atoms with Crippen molar-refractivity contribution in [2.75, 3.05) is 10.0 Å². The molecule has 11 heteroatoms. The summed E-state index contributed by atoms with van der Waals surface area (Å²) in [7, 11) is -4.03. The molecular formula is C24H18ClFN4O4S. The number of sulfonamides is 1. The van der Waals surface area contributed by atoms with Crippen LogP contribution in [0.5, 0.6) is 5.75 Å². The van der Waals surface area contributed by atoms with Crippen molar-refractivity contribution in [3.8, 4) is 16.9 Å². The fourth-order valence-corrected chi connectivity index (χ4v) is 4.88. The molecule has 0 radical (unpaired) electrons. The van der Waals surface area contributed by atoms with Crippen molar-refractivity contribution >= 4 is 49.8 Å². The van der Waals surface area contributed by atoms with E-state index in [-0.39, 0.29) is 21.6 Å². The van der Waals surface area contributed by atoms with Gasteiger partial charge < -0.3 is 10.1 Å². The maximum absolute atomic E-state index is 13.2. The minimum Gasteiger partial charge on any atom is -0.475 e. The van der Waals surface area contributed by atoms with Gasteiger partial charge >= 0.3 is 0 Å². The first-order chi connectivity index (χ1) is 16.5. The number of anilines is 2. The average molecular weight is 513 g/mol. The number of fused-ring (bicyclic) bond motifs is 3. The van der Waals surface area contributed by atoms with Gasteiger partial charge in [-0.25, -0.2) is 17.8 Å². The topological polar surface area (TPSA) is 110 Å². The number of rotatable bonds is 4. The second-order valence-corrected chi connectivity index (χ2v) is 10.5.